The maximum Gasteiger partial charge on any atom is 0.251 e. The van der Waals surface area contributed by atoms with Crippen LogP contribution < -0.4 is 10.2 Å². The Kier molecular flexibility index (Phi) is 6.09. The van der Waals surface area contributed by atoms with Gasteiger partial charge in [-0.25, -0.2) is 4.39 Å². The third-order valence-corrected chi connectivity index (χ3v) is 4.43. The van der Waals surface area contributed by atoms with Crippen LogP contribution in [-0.4, -0.2) is 24.9 Å². The van der Waals surface area contributed by atoms with E-state index in [4.69, 9.17) is 0 Å². The molecule has 0 unspecified atom stereocenters. The van der Waals surface area contributed by atoms with E-state index in [9.17, 15) is 14.0 Å². The minimum absolute atomic E-state index is 0.114. The summed E-state index contributed by atoms with van der Waals surface area (Å²) >= 11 is 3.43. The highest BCUT2D eigenvalue weighted by Crippen LogP contribution is 2.23. The van der Waals surface area contributed by atoms with Crippen molar-refractivity contribution in [3.8, 4) is 0 Å². The summed E-state index contributed by atoms with van der Waals surface area (Å²) in [7, 11) is 0. The number of benzene rings is 2. The van der Waals surface area contributed by atoms with E-state index in [1.165, 1.54) is 25.1 Å². The van der Waals surface area contributed by atoms with Crippen molar-refractivity contribution in [1.82, 2.24) is 5.32 Å². The van der Waals surface area contributed by atoms with E-state index in [0.29, 0.717) is 6.54 Å². The number of anilines is 1. The number of aryl methyl sites for hydroxylation is 1. The smallest absolute Gasteiger partial charge is 0.251 e. The van der Waals surface area contributed by atoms with Crippen LogP contribution in [0.1, 0.15) is 22.8 Å². The second-order valence-electron chi connectivity index (χ2n) is 5.37. The Bertz CT molecular complexity index is 764. The third kappa shape index (κ3) is 4.64. The Morgan fingerprint density at radius 3 is 2.58 bits per heavy atom. The summed E-state index contributed by atoms with van der Waals surface area (Å²) in [4.78, 5) is 25.5. The molecule has 24 heavy (non-hydrogen) atoms. The lowest BCUT2D eigenvalue weighted by Gasteiger charge is -2.22. The van der Waals surface area contributed by atoms with Crippen molar-refractivity contribution in [2.24, 2.45) is 0 Å². The third-order valence-electron chi connectivity index (χ3n) is 3.54. The Morgan fingerprint density at radius 1 is 1.21 bits per heavy atom. The minimum Gasteiger partial charge on any atom is -0.350 e. The van der Waals surface area contributed by atoms with Crippen LogP contribution in [0.4, 0.5) is 10.1 Å². The lowest BCUT2D eigenvalue weighted by Crippen LogP contribution is -2.37. The van der Waals surface area contributed by atoms with Gasteiger partial charge in [0.1, 0.15) is 5.82 Å². The Labute approximate surface area is 148 Å². The normalized spacial score (nSPS) is 10.3. The zero-order chi connectivity index (χ0) is 17.7. The summed E-state index contributed by atoms with van der Waals surface area (Å²) < 4.78 is 14.1. The Hall–Kier alpha value is -2.21. The van der Waals surface area contributed by atoms with Crippen molar-refractivity contribution in [3.63, 3.8) is 0 Å². The van der Waals surface area contributed by atoms with Crippen molar-refractivity contribution in [2.75, 3.05) is 18.0 Å². The summed E-state index contributed by atoms with van der Waals surface area (Å²) in [5.74, 6) is -0.944. The van der Waals surface area contributed by atoms with Crippen LogP contribution in [0.3, 0.4) is 0 Å². The van der Waals surface area contributed by atoms with Crippen LogP contribution in [0.5, 0.6) is 0 Å². The molecule has 126 valence electrons. The van der Waals surface area contributed by atoms with Crippen LogP contribution in [0.2, 0.25) is 0 Å². The SMILES string of the molecule is CC(=O)N(CCNC(=O)c1cccc(F)c1)c1ccc(Br)c(C)c1. The van der Waals surface area contributed by atoms with Gasteiger partial charge in [0.25, 0.3) is 5.91 Å². The molecule has 2 rings (SSSR count). The predicted octanol–water partition coefficient (Wildman–Crippen LogP) is 3.68. The van der Waals surface area contributed by atoms with Crippen LogP contribution >= 0.6 is 15.9 Å². The molecule has 0 aliphatic heterocycles. The number of nitrogens with one attached hydrogen (secondary N) is 1. The van der Waals surface area contributed by atoms with Crippen LogP contribution in [0.25, 0.3) is 0 Å². The van der Waals surface area contributed by atoms with Gasteiger partial charge in [-0.2, -0.15) is 0 Å². The molecule has 0 saturated carbocycles. The first kappa shape index (κ1) is 18.1. The van der Waals surface area contributed by atoms with Crippen molar-refractivity contribution in [2.45, 2.75) is 13.8 Å². The maximum absolute atomic E-state index is 13.1. The highest BCUT2D eigenvalue weighted by atomic mass is 79.9. The summed E-state index contributed by atoms with van der Waals surface area (Å²) in [6, 6.07) is 11.1. The van der Waals surface area contributed by atoms with Gasteiger partial charge in [-0.1, -0.05) is 22.0 Å². The molecule has 6 heteroatoms. The second-order valence-corrected chi connectivity index (χ2v) is 6.22. The van der Waals surface area contributed by atoms with E-state index in [0.717, 1.165) is 15.7 Å². The Balaban J connectivity index is 2.00. The molecule has 0 spiro atoms. The van der Waals surface area contributed by atoms with Crippen molar-refractivity contribution >= 4 is 33.4 Å². The molecule has 0 bridgehead atoms. The molecule has 0 heterocycles. The average Bonchev–Trinajstić information content (AvgIpc) is 2.54. The highest BCUT2D eigenvalue weighted by Gasteiger charge is 2.13. The van der Waals surface area contributed by atoms with E-state index in [-0.39, 0.29) is 23.9 Å². The zero-order valence-electron chi connectivity index (χ0n) is 13.5. The summed E-state index contributed by atoms with van der Waals surface area (Å²) in [5.41, 5.74) is 2.04. The molecule has 0 aromatic heterocycles. The second kappa shape index (κ2) is 8.06. The van der Waals surface area contributed by atoms with Gasteiger partial charge < -0.3 is 10.2 Å². The van der Waals surface area contributed by atoms with Gasteiger partial charge in [-0.3, -0.25) is 9.59 Å². The van der Waals surface area contributed by atoms with Gasteiger partial charge in [0.05, 0.1) is 0 Å². The van der Waals surface area contributed by atoms with E-state index in [1.807, 2.05) is 25.1 Å². The monoisotopic (exact) mass is 392 g/mol. The van der Waals surface area contributed by atoms with E-state index in [2.05, 4.69) is 21.2 Å². The number of carbonyl (C=O) groups is 2. The summed E-state index contributed by atoms with van der Waals surface area (Å²) in [6.07, 6.45) is 0. The molecule has 0 aliphatic rings. The molecule has 0 radical (unpaired) electrons. The number of carbonyl (C=O) groups excluding carboxylic acids is 2. The molecule has 0 atom stereocenters. The van der Waals surface area contributed by atoms with Crippen LogP contribution in [0, 0.1) is 12.7 Å². The average molecular weight is 393 g/mol. The van der Waals surface area contributed by atoms with E-state index >= 15 is 0 Å². The van der Waals surface area contributed by atoms with Gasteiger partial charge in [0, 0.05) is 35.7 Å². The molecular formula is C18H18BrFN2O2. The fraction of sp³-hybridized carbons (Fsp3) is 0.222. The predicted molar refractivity (Wildman–Crippen MR) is 95.6 cm³/mol. The Morgan fingerprint density at radius 2 is 1.96 bits per heavy atom. The van der Waals surface area contributed by atoms with Crippen LogP contribution in [-0.2, 0) is 4.79 Å². The number of hydrogen-bond donors (Lipinski definition) is 1. The molecule has 4 nitrogen and oxygen atoms in total. The van der Waals surface area contributed by atoms with Crippen molar-refractivity contribution < 1.29 is 14.0 Å². The molecule has 2 aromatic rings. The van der Waals surface area contributed by atoms with Gasteiger partial charge in [0.2, 0.25) is 5.91 Å². The first-order chi connectivity index (χ1) is 11.4. The largest absolute Gasteiger partial charge is 0.350 e. The number of rotatable bonds is 5. The molecule has 2 aromatic carbocycles. The molecule has 0 saturated heterocycles. The molecule has 2 amide bonds. The molecule has 0 fully saturated rings. The minimum atomic E-state index is -0.460. The highest BCUT2D eigenvalue weighted by molar-refractivity contribution is 9.10. The zero-order valence-corrected chi connectivity index (χ0v) is 15.1. The molecular weight excluding hydrogens is 375 g/mol. The lowest BCUT2D eigenvalue weighted by atomic mass is 10.2. The fourth-order valence-electron chi connectivity index (χ4n) is 2.28. The van der Waals surface area contributed by atoms with E-state index in [1.54, 1.807) is 11.0 Å². The first-order valence-electron chi connectivity index (χ1n) is 7.46. The summed E-state index contributed by atoms with van der Waals surface area (Å²) in [6.45, 7) is 4.02. The van der Waals surface area contributed by atoms with Gasteiger partial charge in [-0.15, -0.1) is 0 Å². The topological polar surface area (TPSA) is 49.4 Å². The first-order valence-corrected chi connectivity index (χ1v) is 8.26. The van der Waals surface area contributed by atoms with Crippen LogP contribution in [0.15, 0.2) is 46.9 Å². The maximum atomic E-state index is 13.1. The fourth-order valence-corrected chi connectivity index (χ4v) is 2.52. The van der Waals surface area contributed by atoms with Gasteiger partial charge >= 0.3 is 0 Å². The number of nitrogens with zero attached hydrogens (tertiary/aromatic N) is 1. The quantitative estimate of drug-likeness (QED) is 0.843. The summed E-state index contributed by atoms with van der Waals surface area (Å²) in [5, 5.41) is 2.70. The van der Waals surface area contributed by atoms with Gasteiger partial charge in [-0.05, 0) is 48.9 Å². The number of halogens is 2. The van der Waals surface area contributed by atoms with Gasteiger partial charge in [0.15, 0.2) is 0 Å². The standard InChI is InChI=1S/C18H18BrFN2O2/c1-12-10-16(6-7-17(12)19)22(13(2)23)9-8-21-18(24)14-4-3-5-15(20)11-14/h3-7,10-11H,8-9H2,1-2H3,(H,21,24). The van der Waals surface area contributed by atoms with Crippen molar-refractivity contribution in [3.05, 3.63) is 63.9 Å². The van der Waals surface area contributed by atoms with Crippen molar-refractivity contribution in [1.29, 1.82) is 0 Å². The molecule has 1 N–H and O–H groups in total. The lowest BCUT2D eigenvalue weighted by molar-refractivity contribution is -0.116. The molecule has 0 aliphatic carbocycles. The van der Waals surface area contributed by atoms with E-state index < -0.39 is 5.82 Å². The number of hydrogen-bond acceptors (Lipinski definition) is 2. The number of amides is 2.